The summed E-state index contributed by atoms with van der Waals surface area (Å²) in [4.78, 5) is 0. The van der Waals surface area contributed by atoms with Gasteiger partial charge >= 0.3 is 0 Å². The number of nitrogens with two attached hydrogens (primary N) is 1. The highest BCUT2D eigenvalue weighted by atomic mass is 14.8. The van der Waals surface area contributed by atoms with Crippen molar-refractivity contribution in [2.45, 2.75) is 52.0 Å². The van der Waals surface area contributed by atoms with Gasteiger partial charge in [-0.25, -0.2) is 0 Å². The molecule has 0 aliphatic heterocycles. The Morgan fingerprint density at radius 2 is 1.83 bits per heavy atom. The third kappa shape index (κ3) is 9.92. The average molecular weight is 172 g/mol. The zero-order chi connectivity index (χ0) is 9.23. The summed E-state index contributed by atoms with van der Waals surface area (Å²) in [6.07, 6.45) is 6.28. The lowest BCUT2D eigenvalue weighted by Crippen LogP contribution is -2.18. The van der Waals surface area contributed by atoms with Crippen molar-refractivity contribution in [3.63, 3.8) is 0 Å². The zero-order valence-electron chi connectivity index (χ0n) is 8.60. The highest BCUT2D eigenvalue weighted by Gasteiger charge is 1.93. The molecule has 74 valence electrons. The Bertz CT molecular complexity index is 81.9. The van der Waals surface area contributed by atoms with Crippen LogP contribution >= 0.6 is 0 Å². The highest BCUT2D eigenvalue weighted by Crippen LogP contribution is 1.96. The van der Waals surface area contributed by atoms with Crippen LogP contribution in [0.5, 0.6) is 0 Å². The molecule has 0 aromatic carbocycles. The summed E-state index contributed by atoms with van der Waals surface area (Å²) in [6, 6.07) is 0.376. The summed E-state index contributed by atoms with van der Waals surface area (Å²) in [5.74, 6) is 0. The first kappa shape index (κ1) is 11.9. The Morgan fingerprint density at radius 1 is 1.17 bits per heavy atom. The Morgan fingerprint density at radius 3 is 2.42 bits per heavy atom. The zero-order valence-corrected chi connectivity index (χ0v) is 8.60. The van der Waals surface area contributed by atoms with Gasteiger partial charge in [0.2, 0.25) is 0 Å². The molecule has 0 radical (unpaired) electrons. The molecular weight excluding hydrogens is 148 g/mol. The van der Waals surface area contributed by atoms with Gasteiger partial charge in [0.1, 0.15) is 0 Å². The Balaban J connectivity index is 2.82. The number of unbranched alkanes of at least 4 members (excludes halogenated alkanes) is 2. The molecule has 0 fully saturated rings. The molecule has 0 aliphatic carbocycles. The monoisotopic (exact) mass is 172 g/mol. The molecule has 1 unspecified atom stereocenters. The summed E-state index contributed by atoms with van der Waals surface area (Å²) >= 11 is 0. The number of rotatable bonds is 8. The van der Waals surface area contributed by atoms with Gasteiger partial charge in [0.15, 0.2) is 0 Å². The van der Waals surface area contributed by atoms with E-state index in [9.17, 15) is 0 Å². The van der Waals surface area contributed by atoms with Gasteiger partial charge in [-0.1, -0.05) is 19.8 Å². The fourth-order valence-electron chi connectivity index (χ4n) is 1.14. The second-order valence-corrected chi connectivity index (χ2v) is 3.58. The van der Waals surface area contributed by atoms with E-state index < -0.39 is 0 Å². The molecule has 0 rings (SSSR count). The van der Waals surface area contributed by atoms with Crippen LogP contribution in [0.3, 0.4) is 0 Å². The molecule has 0 saturated heterocycles. The van der Waals surface area contributed by atoms with Gasteiger partial charge < -0.3 is 11.1 Å². The normalized spacial score (nSPS) is 13.2. The van der Waals surface area contributed by atoms with Crippen LogP contribution in [0.25, 0.3) is 0 Å². The van der Waals surface area contributed by atoms with Gasteiger partial charge in [-0.3, -0.25) is 0 Å². The van der Waals surface area contributed by atoms with Crippen LogP contribution in [0, 0.1) is 0 Å². The van der Waals surface area contributed by atoms with E-state index in [0.717, 1.165) is 13.0 Å². The van der Waals surface area contributed by atoms with Gasteiger partial charge in [-0.2, -0.15) is 0 Å². The summed E-state index contributed by atoms with van der Waals surface area (Å²) in [5.41, 5.74) is 5.63. The molecule has 0 aromatic rings. The lowest BCUT2D eigenvalue weighted by atomic mass is 10.1. The van der Waals surface area contributed by atoms with Gasteiger partial charge in [0.05, 0.1) is 0 Å². The maximum atomic E-state index is 5.63. The minimum atomic E-state index is 0.376. The van der Waals surface area contributed by atoms with E-state index in [1.807, 2.05) is 0 Å². The summed E-state index contributed by atoms with van der Waals surface area (Å²) in [7, 11) is 0. The van der Waals surface area contributed by atoms with Gasteiger partial charge in [-0.15, -0.1) is 0 Å². The summed E-state index contributed by atoms with van der Waals surface area (Å²) < 4.78 is 0. The maximum absolute atomic E-state index is 5.63. The molecule has 0 saturated carbocycles. The van der Waals surface area contributed by atoms with Crippen molar-refractivity contribution in [1.82, 2.24) is 5.32 Å². The third-order valence-electron chi connectivity index (χ3n) is 1.97. The molecule has 0 amide bonds. The Kier molecular flexibility index (Phi) is 8.95. The van der Waals surface area contributed by atoms with Crippen LogP contribution in [0.15, 0.2) is 0 Å². The van der Waals surface area contributed by atoms with Crippen molar-refractivity contribution >= 4 is 0 Å². The van der Waals surface area contributed by atoms with Crippen LogP contribution < -0.4 is 11.1 Å². The van der Waals surface area contributed by atoms with Crippen molar-refractivity contribution in [3.8, 4) is 0 Å². The summed E-state index contributed by atoms with van der Waals surface area (Å²) in [5, 5.41) is 3.42. The molecule has 0 heterocycles. The van der Waals surface area contributed by atoms with Gasteiger partial charge in [0.25, 0.3) is 0 Å². The van der Waals surface area contributed by atoms with Crippen LogP contribution in [-0.2, 0) is 0 Å². The van der Waals surface area contributed by atoms with E-state index in [1.54, 1.807) is 0 Å². The summed E-state index contributed by atoms with van der Waals surface area (Å²) in [6.45, 7) is 6.63. The molecule has 2 nitrogen and oxygen atoms in total. The molecule has 0 spiro atoms. The smallest absolute Gasteiger partial charge is 0.00104 e. The first-order valence-electron chi connectivity index (χ1n) is 5.23. The van der Waals surface area contributed by atoms with E-state index in [2.05, 4.69) is 19.2 Å². The molecule has 0 aromatic heterocycles. The Labute approximate surface area is 76.9 Å². The number of hydrogen-bond donors (Lipinski definition) is 2. The van der Waals surface area contributed by atoms with E-state index in [4.69, 9.17) is 5.73 Å². The lowest BCUT2D eigenvalue weighted by Gasteiger charge is -2.05. The largest absolute Gasteiger partial charge is 0.328 e. The van der Waals surface area contributed by atoms with E-state index in [-0.39, 0.29) is 0 Å². The van der Waals surface area contributed by atoms with Crippen molar-refractivity contribution in [3.05, 3.63) is 0 Å². The fraction of sp³-hybridized carbons (Fsp3) is 1.00. The van der Waals surface area contributed by atoms with E-state index in [0.29, 0.717) is 6.04 Å². The first-order valence-corrected chi connectivity index (χ1v) is 5.23. The first-order chi connectivity index (χ1) is 5.77. The standard InChI is InChI=1S/C10H24N2/c1-3-4-8-12-9-6-5-7-10(2)11/h10,12H,3-9,11H2,1-2H3. The minimum Gasteiger partial charge on any atom is -0.328 e. The molecule has 12 heavy (non-hydrogen) atoms. The van der Waals surface area contributed by atoms with Crippen molar-refractivity contribution in [1.29, 1.82) is 0 Å². The quantitative estimate of drug-likeness (QED) is 0.549. The van der Waals surface area contributed by atoms with Crippen molar-refractivity contribution in [2.24, 2.45) is 5.73 Å². The second kappa shape index (κ2) is 9.01. The lowest BCUT2D eigenvalue weighted by molar-refractivity contribution is 0.556. The van der Waals surface area contributed by atoms with Gasteiger partial charge in [-0.05, 0) is 39.3 Å². The average Bonchev–Trinajstić information content (AvgIpc) is 2.02. The van der Waals surface area contributed by atoms with Crippen LogP contribution in [-0.4, -0.2) is 19.1 Å². The van der Waals surface area contributed by atoms with Crippen LogP contribution in [0.1, 0.15) is 46.0 Å². The topological polar surface area (TPSA) is 38.0 Å². The molecule has 0 bridgehead atoms. The van der Waals surface area contributed by atoms with E-state index in [1.165, 1.54) is 32.2 Å². The molecule has 2 heteroatoms. The second-order valence-electron chi connectivity index (χ2n) is 3.58. The molecule has 3 N–H and O–H groups in total. The predicted octanol–water partition coefficient (Wildman–Crippen LogP) is 1.89. The SMILES string of the molecule is CCCCNCCCCC(C)N. The van der Waals surface area contributed by atoms with Crippen molar-refractivity contribution in [2.75, 3.05) is 13.1 Å². The van der Waals surface area contributed by atoms with Crippen molar-refractivity contribution < 1.29 is 0 Å². The van der Waals surface area contributed by atoms with Gasteiger partial charge in [0, 0.05) is 6.04 Å². The third-order valence-corrected chi connectivity index (χ3v) is 1.97. The van der Waals surface area contributed by atoms with Crippen LogP contribution in [0.4, 0.5) is 0 Å². The maximum Gasteiger partial charge on any atom is 0.00104 e. The number of hydrogen-bond acceptors (Lipinski definition) is 2. The molecule has 0 aliphatic rings. The number of nitrogens with one attached hydrogen (secondary N) is 1. The predicted molar refractivity (Wildman–Crippen MR) is 55.3 cm³/mol. The van der Waals surface area contributed by atoms with E-state index >= 15 is 0 Å². The fourth-order valence-corrected chi connectivity index (χ4v) is 1.14. The minimum absolute atomic E-state index is 0.376. The van der Waals surface area contributed by atoms with Crippen LogP contribution in [0.2, 0.25) is 0 Å². The molecular formula is C10H24N2. The molecule has 1 atom stereocenters. The highest BCUT2D eigenvalue weighted by molar-refractivity contribution is 4.54. The Hall–Kier alpha value is -0.0800.